The van der Waals surface area contributed by atoms with Gasteiger partial charge in [-0.25, -0.2) is 0 Å². The van der Waals surface area contributed by atoms with E-state index in [4.69, 9.17) is 16.3 Å². The first-order chi connectivity index (χ1) is 15.3. The average molecular weight is 447 g/mol. The molecule has 4 rings (SSSR count). The highest BCUT2D eigenvalue weighted by molar-refractivity contribution is 6.35. The number of rotatable bonds is 6. The van der Waals surface area contributed by atoms with Crippen LogP contribution in [0.5, 0.6) is 5.75 Å². The molecule has 1 heterocycles. The van der Waals surface area contributed by atoms with Crippen LogP contribution in [-0.4, -0.2) is 21.3 Å². The van der Waals surface area contributed by atoms with Crippen LogP contribution < -0.4 is 4.74 Å². The summed E-state index contributed by atoms with van der Waals surface area (Å²) in [4.78, 5) is 11.4. The van der Waals surface area contributed by atoms with Crippen LogP contribution in [0.15, 0.2) is 66.7 Å². The molecule has 6 heteroatoms. The van der Waals surface area contributed by atoms with Crippen molar-refractivity contribution >= 4 is 28.5 Å². The fraction of sp³-hybridized carbons (Fsp3) is 0.192. The number of halogens is 1. The maximum atomic E-state index is 11.4. The smallest absolute Gasteiger partial charge is 0.313 e. The summed E-state index contributed by atoms with van der Waals surface area (Å²) >= 11 is 6.31. The monoisotopic (exact) mass is 446 g/mol. The van der Waals surface area contributed by atoms with Gasteiger partial charge >= 0.3 is 5.97 Å². The van der Waals surface area contributed by atoms with Crippen molar-refractivity contribution in [3.8, 4) is 16.9 Å². The molecule has 1 aromatic heterocycles. The number of ether oxygens (including phenoxy) is 1. The number of aromatic nitrogens is 2. The number of carbonyl (C=O) groups is 1. The Hall–Kier alpha value is -3.44. The van der Waals surface area contributed by atoms with Gasteiger partial charge in [0, 0.05) is 10.9 Å². The van der Waals surface area contributed by atoms with E-state index in [0.29, 0.717) is 17.1 Å². The fourth-order valence-electron chi connectivity index (χ4n) is 3.60. The third-order valence-electron chi connectivity index (χ3n) is 5.66. The summed E-state index contributed by atoms with van der Waals surface area (Å²) in [6.07, 6.45) is 0. The molecule has 0 amide bonds. The van der Waals surface area contributed by atoms with E-state index < -0.39 is 11.4 Å². The van der Waals surface area contributed by atoms with Crippen LogP contribution in [0.25, 0.3) is 22.0 Å². The van der Waals surface area contributed by atoms with E-state index in [1.165, 1.54) is 0 Å². The molecule has 0 radical (unpaired) electrons. The zero-order valence-electron chi connectivity index (χ0n) is 18.1. The van der Waals surface area contributed by atoms with Gasteiger partial charge in [0.15, 0.2) is 0 Å². The molecule has 0 spiro atoms. The van der Waals surface area contributed by atoms with Gasteiger partial charge in [-0.15, -0.1) is 5.10 Å². The van der Waals surface area contributed by atoms with Crippen LogP contribution in [0.2, 0.25) is 5.02 Å². The number of aryl methyl sites for hydroxylation is 1. The van der Waals surface area contributed by atoms with Crippen molar-refractivity contribution < 1.29 is 14.6 Å². The molecular weight excluding hydrogens is 424 g/mol. The number of fused-ring (bicyclic) bond motifs is 1. The SMILES string of the molecule is Cc1nnc2c(Cl)cccc2c1-c1cccc(OCc2ccc(C(C)(C)C(=O)O)cc2)c1. The molecular formula is C26H23ClN2O3. The molecule has 0 atom stereocenters. The lowest BCUT2D eigenvalue weighted by Gasteiger charge is -2.20. The lowest BCUT2D eigenvalue weighted by molar-refractivity contribution is -0.142. The first-order valence-corrected chi connectivity index (χ1v) is 10.6. The first-order valence-electron chi connectivity index (χ1n) is 10.2. The Bertz CT molecular complexity index is 1300. The lowest BCUT2D eigenvalue weighted by Crippen LogP contribution is -2.28. The van der Waals surface area contributed by atoms with Gasteiger partial charge < -0.3 is 9.84 Å². The Morgan fingerprint density at radius 2 is 1.75 bits per heavy atom. The van der Waals surface area contributed by atoms with Gasteiger partial charge in [0.05, 0.1) is 16.1 Å². The number of carboxylic acids is 1. The Labute approximate surface area is 191 Å². The average Bonchev–Trinajstić information content (AvgIpc) is 2.78. The molecule has 4 aromatic rings. The van der Waals surface area contributed by atoms with Crippen LogP contribution in [0, 0.1) is 6.92 Å². The maximum absolute atomic E-state index is 11.4. The van der Waals surface area contributed by atoms with Crippen LogP contribution in [0.1, 0.15) is 30.7 Å². The van der Waals surface area contributed by atoms with E-state index in [0.717, 1.165) is 39.1 Å². The lowest BCUT2D eigenvalue weighted by atomic mass is 9.84. The van der Waals surface area contributed by atoms with E-state index in [9.17, 15) is 9.90 Å². The van der Waals surface area contributed by atoms with E-state index in [1.54, 1.807) is 19.9 Å². The molecule has 5 nitrogen and oxygen atoms in total. The molecule has 0 saturated heterocycles. The van der Waals surface area contributed by atoms with E-state index >= 15 is 0 Å². The molecule has 32 heavy (non-hydrogen) atoms. The third kappa shape index (κ3) is 4.16. The molecule has 0 unspecified atom stereocenters. The summed E-state index contributed by atoms with van der Waals surface area (Å²) in [6.45, 7) is 5.69. The number of hydrogen-bond acceptors (Lipinski definition) is 4. The Balaban J connectivity index is 1.58. The van der Waals surface area contributed by atoms with Gasteiger partial charge in [-0.1, -0.05) is 60.1 Å². The van der Waals surface area contributed by atoms with Gasteiger partial charge in [-0.3, -0.25) is 4.79 Å². The Kier molecular flexibility index (Phi) is 5.85. The first kappa shape index (κ1) is 21.8. The highest BCUT2D eigenvalue weighted by Crippen LogP contribution is 2.34. The molecule has 1 N–H and O–H groups in total. The second-order valence-electron chi connectivity index (χ2n) is 8.24. The number of nitrogens with zero attached hydrogens (tertiary/aromatic N) is 2. The fourth-order valence-corrected chi connectivity index (χ4v) is 3.81. The minimum absolute atomic E-state index is 0.372. The molecule has 0 bridgehead atoms. The zero-order chi connectivity index (χ0) is 22.9. The summed E-state index contributed by atoms with van der Waals surface area (Å²) in [7, 11) is 0. The van der Waals surface area contributed by atoms with Gasteiger partial charge in [-0.2, -0.15) is 5.10 Å². The normalized spacial score (nSPS) is 11.5. The van der Waals surface area contributed by atoms with Crippen LogP contribution >= 0.6 is 11.6 Å². The molecule has 0 saturated carbocycles. The van der Waals surface area contributed by atoms with E-state index in [1.807, 2.05) is 67.6 Å². The van der Waals surface area contributed by atoms with Gasteiger partial charge in [-0.05, 0) is 55.7 Å². The maximum Gasteiger partial charge on any atom is 0.313 e. The Morgan fingerprint density at radius 3 is 2.47 bits per heavy atom. The molecule has 0 aliphatic heterocycles. The van der Waals surface area contributed by atoms with Crippen LogP contribution in [-0.2, 0) is 16.8 Å². The predicted molar refractivity (Wildman–Crippen MR) is 126 cm³/mol. The second-order valence-corrected chi connectivity index (χ2v) is 8.65. The van der Waals surface area contributed by atoms with Gasteiger partial charge in [0.2, 0.25) is 0 Å². The Morgan fingerprint density at radius 1 is 1.03 bits per heavy atom. The molecule has 0 fully saturated rings. The minimum atomic E-state index is -0.935. The van der Waals surface area contributed by atoms with Crippen molar-refractivity contribution in [3.05, 3.63) is 88.6 Å². The number of hydrogen-bond donors (Lipinski definition) is 1. The minimum Gasteiger partial charge on any atom is -0.489 e. The highest BCUT2D eigenvalue weighted by atomic mass is 35.5. The van der Waals surface area contributed by atoms with Gasteiger partial charge in [0.25, 0.3) is 0 Å². The second kappa shape index (κ2) is 8.60. The highest BCUT2D eigenvalue weighted by Gasteiger charge is 2.29. The standard InChI is InChI=1S/C26H23ClN2O3/c1-16-23(21-8-5-9-22(27)24(21)29-28-16)18-6-4-7-20(14-18)32-15-17-10-12-19(13-11-17)26(2,3)25(30)31/h4-14H,15H2,1-3H3,(H,30,31). The van der Waals surface area contributed by atoms with Crippen molar-refractivity contribution in [1.29, 1.82) is 0 Å². The van der Waals surface area contributed by atoms with Gasteiger partial charge in [0.1, 0.15) is 17.9 Å². The van der Waals surface area contributed by atoms with E-state index in [-0.39, 0.29) is 0 Å². The molecule has 0 aliphatic carbocycles. The van der Waals surface area contributed by atoms with Crippen LogP contribution in [0.4, 0.5) is 0 Å². The number of benzene rings is 3. The summed E-state index contributed by atoms with van der Waals surface area (Å²) in [5, 5.41) is 19.4. The third-order valence-corrected chi connectivity index (χ3v) is 5.96. The van der Waals surface area contributed by atoms with Crippen molar-refractivity contribution in [2.45, 2.75) is 32.8 Å². The zero-order valence-corrected chi connectivity index (χ0v) is 18.8. The number of carboxylic acid groups (broad SMARTS) is 1. The largest absolute Gasteiger partial charge is 0.489 e. The number of aliphatic carboxylic acids is 1. The summed E-state index contributed by atoms with van der Waals surface area (Å²) in [5.74, 6) is -0.128. The summed E-state index contributed by atoms with van der Waals surface area (Å²) in [5.41, 5.74) is 4.21. The summed E-state index contributed by atoms with van der Waals surface area (Å²) < 4.78 is 6.02. The molecule has 0 aliphatic rings. The van der Waals surface area contributed by atoms with Crippen molar-refractivity contribution in [1.82, 2.24) is 10.2 Å². The molecule has 162 valence electrons. The topological polar surface area (TPSA) is 72.3 Å². The van der Waals surface area contributed by atoms with Crippen molar-refractivity contribution in [3.63, 3.8) is 0 Å². The van der Waals surface area contributed by atoms with Crippen molar-refractivity contribution in [2.75, 3.05) is 0 Å². The summed E-state index contributed by atoms with van der Waals surface area (Å²) in [6, 6.07) is 21.0. The predicted octanol–water partition coefficient (Wildman–Crippen LogP) is 6.20. The molecule has 3 aromatic carbocycles. The van der Waals surface area contributed by atoms with E-state index in [2.05, 4.69) is 10.2 Å². The quantitative estimate of drug-likeness (QED) is 0.381. The van der Waals surface area contributed by atoms with Crippen molar-refractivity contribution in [2.24, 2.45) is 0 Å². The van der Waals surface area contributed by atoms with Crippen LogP contribution in [0.3, 0.4) is 0 Å².